The van der Waals surface area contributed by atoms with Crippen LogP contribution in [0.15, 0.2) is 0 Å². The highest BCUT2D eigenvalue weighted by Crippen LogP contribution is 2.41. The van der Waals surface area contributed by atoms with Gasteiger partial charge in [-0.15, -0.1) is 0 Å². The topological polar surface area (TPSA) is 50.1 Å². The van der Waals surface area contributed by atoms with Gasteiger partial charge in [-0.1, -0.05) is 33.1 Å². The molecule has 0 unspecified atom stereocenters. The lowest BCUT2D eigenvalue weighted by Crippen LogP contribution is -2.33. The van der Waals surface area contributed by atoms with E-state index in [1.807, 2.05) is 0 Å². The molecule has 0 aromatic rings. The van der Waals surface area contributed by atoms with Crippen LogP contribution in [0, 0.1) is 28.6 Å². The van der Waals surface area contributed by atoms with Gasteiger partial charge in [0, 0.05) is 0 Å². The smallest absolute Gasteiger partial charge is 0.309 e. The highest BCUT2D eigenvalue weighted by atomic mass is 16.5. The summed E-state index contributed by atoms with van der Waals surface area (Å²) in [5.74, 6) is 0.982. The zero-order chi connectivity index (χ0) is 16.7. The molecule has 130 valence electrons. The van der Waals surface area contributed by atoms with Crippen molar-refractivity contribution >= 4 is 5.97 Å². The van der Waals surface area contributed by atoms with Crippen molar-refractivity contribution in [1.29, 1.82) is 5.26 Å². The van der Waals surface area contributed by atoms with Crippen molar-refractivity contribution in [2.24, 2.45) is 17.3 Å². The standard InChI is InChI=1S/C20H33NO2/c1-3-5-16-6-8-17(9-7-16)19(22)23-18-10-13-20(15-21,12-4-2)14-11-18/h16-18H,3-14H2,1-2H3/t16-,17-,18-,20+. The summed E-state index contributed by atoms with van der Waals surface area (Å²) in [7, 11) is 0. The SMILES string of the molecule is CCC[C@H]1CC[C@H](C(=O)O[C@H]2CC[C@](C#N)(CCC)CC2)CC1. The summed E-state index contributed by atoms with van der Waals surface area (Å²) in [5.41, 5.74) is -0.157. The summed E-state index contributed by atoms with van der Waals surface area (Å²) in [6, 6.07) is 2.53. The van der Waals surface area contributed by atoms with Gasteiger partial charge in [0.2, 0.25) is 0 Å². The second-order valence-corrected chi connectivity index (χ2v) is 7.78. The minimum atomic E-state index is -0.157. The molecular weight excluding hydrogens is 286 g/mol. The maximum absolute atomic E-state index is 12.4. The fourth-order valence-corrected chi connectivity index (χ4v) is 4.51. The van der Waals surface area contributed by atoms with Crippen LogP contribution in [0.5, 0.6) is 0 Å². The molecule has 3 heteroatoms. The van der Waals surface area contributed by atoms with Crippen LogP contribution in [0.4, 0.5) is 0 Å². The van der Waals surface area contributed by atoms with Gasteiger partial charge in [-0.25, -0.2) is 0 Å². The summed E-state index contributed by atoms with van der Waals surface area (Å²) in [5, 5.41) is 9.46. The van der Waals surface area contributed by atoms with Crippen molar-refractivity contribution in [2.45, 2.75) is 97.0 Å². The van der Waals surface area contributed by atoms with Crippen LogP contribution in [-0.4, -0.2) is 12.1 Å². The molecule has 3 nitrogen and oxygen atoms in total. The van der Waals surface area contributed by atoms with Gasteiger partial charge in [0.05, 0.1) is 17.4 Å². The molecule has 2 aliphatic rings. The molecule has 0 aromatic heterocycles. The second kappa shape index (κ2) is 8.71. The number of hydrogen-bond donors (Lipinski definition) is 0. The van der Waals surface area contributed by atoms with Gasteiger partial charge in [0.15, 0.2) is 0 Å². The van der Waals surface area contributed by atoms with Crippen LogP contribution in [-0.2, 0) is 9.53 Å². The Morgan fingerprint density at radius 2 is 1.74 bits per heavy atom. The van der Waals surface area contributed by atoms with E-state index in [9.17, 15) is 10.1 Å². The Bertz CT molecular complexity index is 410. The van der Waals surface area contributed by atoms with Gasteiger partial charge in [-0.2, -0.15) is 5.26 Å². The van der Waals surface area contributed by atoms with Crippen LogP contribution in [0.3, 0.4) is 0 Å². The van der Waals surface area contributed by atoms with Crippen LogP contribution >= 0.6 is 0 Å². The maximum atomic E-state index is 12.4. The highest BCUT2D eigenvalue weighted by molar-refractivity contribution is 5.72. The van der Waals surface area contributed by atoms with Crippen LogP contribution in [0.1, 0.15) is 90.9 Å². The zero-order valence-electron chi connectivity index (χ0n) is 15.0. The first kappa shape index (κ1) is 18.3. The van der Waals surface area contributed by atoms with E-state index in [4.69, 9.17) is 4.74 Å². The largest absolute Gasteiger partial charge is 0.462 e. The number of nitriles is 1. The first-order valence-electron chi connectivity index (χ1n) is 9.74. The Kier molecular flexibility index (Phi) is 6.93. The molecule has 0 atom stereocenters. The summed E-state index contributed by atoms with van der Waals surface area (Å²) >= 11 is 0. The van der Waals surface area contributed by atoms with Gasteiger partial charge >= 0.3 is 5.97 Å². The number of esters is 1. The van der Waals surface area contributed by atoms with E-state index in [1.54, 1.807) is 0 Å². The van der Waals surface area contributed by atoms with Crippen LogP contribution in [0.2, 0.25) is 0 Å². The molecule has 2 rings (SSSR count). The average molecular weight is 319 g/mol. The van der Waals surface area contributed by atoms with E-state index >= 15 is 0 Å². The van der Waals surface area contributed by atoms with E-state index in [-0.39, 0.29) is 23.4 Å². The maximum Gasteiger partial charge on any atom is 0.309 e. The molecule has 0 amide bonds. The third-order valence-electron chi connectivity index (χ3n) is 6.02. The van der Waals surface area contributed by atoms with E-state index in [0.717, 1.165) is 57.3 Å². The number of ether oxygens (including phenoxy) is 1. The third-order valence-corrected chi connectivity index (χ3v) is 6.02. The molecular formula is C20H33NO2. The van der Waals surface area contributed by atoms with Crippen molar-refractivity contribution < 1.29 is 9.53 Å². The minimum absolute atomic E-state index is 0.0323. The number of hydrogen-bond acceptors (Lipinski definition) is 3. The van der Waals surface area contributed by atoms with E-state index in [2.05, 4.69) is 19.9 Å². The fourth-order valence-electron chi connectivity index (χ4n) is 4.51. The molecule has 2 saturated carbocycles. The summed E-state index contributed by atoms with van der Waals surface area (Å²) in [6.07, 6.45) is 12.5. The first-order valence-corrected chi connectivity index (χ1v) is 9.74. The molecule has 0 aromatic carbocycles. The molecule has 0 spiro atoms. The third kappa shape index (κ3) is 4.96. The Balaban J connectivity index is 1.74. The molecule has 0 saturated heterocycles. The lowest BCUT2D eigenvalue weighted by molar-refractivity contribution is -0.158. The number of carbonyl (C=O) groups excluding carboxylic acids is 1. The lowest BCUT2D eigenvalue weighted by atomic mass is 9.71. The van der Waals surface area contributed by atoms with E-state index in [0.29, 0.717) is 0 Å². The molecule has 0 radical (unpaired) electrons. The van der Waals surface area contributed by atoms with Gasteiger partial charge in [0.25, 0.3) is 0 Å². The first-order chi connectivity index (χ1) is 11.1. The molecule has 0 aliphatic heterocycles. The van der Waals surface area contributed by atoms with Crippen LogP contribution in [0.25, 0.3) is 0 Å². The van der Waals surface area contributed by atoms with Gasteiger partial charge < -0.3 is 4.74 Å². The molecule has 23 heavy (non-hydrogen) atoms. The number of carbonyl (C=O) groups is 1. The fraction of sp³-hybridized carbons (Fsp3) is 0.900. The van der Waals surface area contributed by atoms with Gasteiger partial charge in [-0.05, 0) is 63.7 Å². The minimum Gasteiger partial charge on any atom is -0.462 e. The quantitative estimate of drug-likeness (QED) is 0.617. The van der Waals surface area contributed by atoms with Gasteiger partial charge in [0.1, 0.15) is 6.10 Å². The van der Waals surface area contributed by atoms with Crippen molar-refractivity contribution in [3.05, 3.63) is 0 Å². The van der Waals surface area contributed by atoms with Crippen molar-refractivity contribution in [1.82, 2.24) is 0 Å². The molecule has 2 aliphatic carbocycles. The predicted molar refractivity (Wildman–Crippen MR) is 91.7 cm³/mol. The Hall–Kier alpha value is -1.04. The zero-order valence-corrected chi connectivity index (χ0v) is 15.0. The van der Waals surface area contributed by atoms with Crippen molar-refractivity contribution in [2.75, 3.05) is 0 Å². The Morgan fingerprint density at radius 1 is 1.09 bits per heavy atom. The highest BCUT2D eigenvalue weighted by Gasteiger charge is 2.37. The molecule has 0 N–H and O–H groups in total. The lowest BCUT2D eigenvalue weighted by Gasteiger charge is -2.35. The van der Waals surface area contributed by atoms with E-state index < -0.39 is 0 Å². The normalized spacial score (nSPS) is 34.6. The average Bonchev–Trinajstić information content (AvgIpc) is 2.58. The van der Waals surface area contributed by atoms with Gasteiger partial charge in [-0.3, -0.25) is 4.79 Å². The predicted octanol–water partition coefficient (Wildman–Crippen LogP) is 5.39. The summed E-state index contributed by atoms with van der Waals surface area (Å²) in [6.45, 7) is 4.38. The van der Waals surface area contributed by atoms with Crippen LogP contribution < -0.4 is 0 Å². The monoisotopic (exact) mass is 319 g/mol. The molecule has 0 bridgehead atoms. The summed E-state index contributed by atoms with van der Waals surface area (Å²) < 4.78 is 5.79. The second-order valence-electron chi connectivity index (χ2n) is 7.78. The molecule has 0 heterocycles. The van der Waals surface area contributed by atoms with Crippen molar-refractivity contribution in [3.63, 3.8) is 0 Å². The Labute approximate surface area is 141 Å². The Morgan fingerprint density at radius 3 is 2.26 bits per heavy atom. The van der Waals surface area contributed by atoms with Crippen molar-refractivity contribution in [3.8, 4) is 6.07 Å². The molecule has 2 fully saturated rings. The number of nitrogens with zero attached hydrogens (tertiary/aromatic N) is 1. The van der Waals surface area contributed by atoms with E-state index in [1.165, 1.54) is 25.7 Å². The number of rotatable bonds is 6. The summed E-state index contributed by atoms with van der Waals surface area (Å²) in [4.78, 5) is 12.4.